The molecular formula is C15H21N5. The lowest BCUT2D eigenvalue weighted by molar-refractivity contribution is 0.179. The van der Waals surface area contributed by atoms with Gasteiger partial charge in [0.15, 0.2) is 11.5 Å². The van der Waals surface area contributed by atoms with Crippen molar-refractivity contribution in [3.05, 3.63) is 18.1 Å². The van der Waals surface area contributed by atoms with Crippen LogP contribution in [0.3, 0.4) is 0 Å². The predicted molar refractivity (Wildman–Crippen MR) is 77.3 cm³/mol. The second-order valence-electron chi connectivity index (χ2n) is 6.10. The van der Waals surface area contributed by atoms with Crippen LogP contribution in [-0.4, -0.2) is 47.1 Å². The van der Waals surface area contributed by atoms with E-state index in [1.54, 1.807) is 12.4 Å². The van der Waals surface area contributed by atoms with E-state index < -0.39 is 0 Å². The largest absolute Gasteiger partial charge is 0.351 e. The molecule has 0 spiro atoms. The first-order chi connectivity index (χ1) is 9.69. The molecule has 0 radical (unpaired) electrons. The molecule has 0 aromatic carbocycles. The maximum atomic E-state index is 9.13. The van der Waals surface area contributed by atoms with Gasteiger partial charge in [0.05, 0.1) is 0 Å². The van der Waals surface area contributed by atoms with Gasteiger partial charge in [0, 0.05) is 44.6 Å². The number of nitriles is 1. The van der Waals surface area contributed by atoms with Crippen LogP contribution in [0.4, 0.5) is 5.82 Å². The molecule has 1 aliphatic carbocycles. The average Bonchev–Trinajstić information content (AvgIpc) is 3.16. The van der Waals surface area contributed by atoms with E-state index in [9.17, 15) is 0 Å². The zero-order valence-corrected chi connectivity index (χ0v) is 12.2. The van der Waals surface area contributed by atoms with Crippen LogP contribution >= 0.6 is 0 Å². The van der Waals surface area contributed by atoms with Crippen molar-refractivity contribution in [2.75, 3.05) is 31.1 Å². The molecule has 106 valence electrons. The van der Waals surface area contributed by atoms with Crippen LogP contribution in [0.15, 0.2) is 12.4 Å². The van der Waals surface area contributed by atoms with E-state index in [2.05, 4.69) is 39.7 Å². The van der Waals surface area contributed by atoms with Gasteiger partial charge in [0.1, 0.15) is 6.07 Å². The fraction of sp³-hybridized carbons (Fsp3) is 0.667. The Balaban J connectivity index is 1.65. The summed E-state index contributed by atoms with van der Waals surface area (Å²) in [6.45, 7) is 8.73. The number of nitrogens with zero attached hydrogens (tertiary/aromatic N) is 5. The quantitative estimate of drug-likeness (QED) is 0.834. The first kappa shape index (κ1) is 13.3. The number of rotatable bonds is 3. The molecule has 2 fully saturated rings. The van der Waals surface area contributed by atoms with Gasteiger partial charge < -0.3 is 4.90 Å². The highest BCUT2D eigenvalue weighted by Gasteiger charge is 2.36. The van der Waals surface area contributed by atoms with Gasteiger partial charge in [-0.2, -0.15) is 5.26 Å². The molecule has 3 atom stereocenters. The van der Waals surface area contributed by atoms with Crippen molar-refractivity contribution in [3.63, 3.8) is 0 Å². The van der Waals surface area contributed by atoms with Gasteiger partial charge in [-0.1, -0.05) is 6.92 Å². The zero-order chi connectivity index (χ0) is 14.1. The number of anilines is 1. The summed E-state index contributed by atoms with van der Waals surface area (Å²) in [7, 11) is 0. The van der Waals surface area contributed by atoms with Gasteiger partial charge in [-0.05, 0) is 25.2 Å². The predicted octanol–water partition coefficient (Wildman–Crippen LogP) is 1.51. The third-order valence-corrected chi connectivity index (χ3v) is 4.59. The lowest BCUT2D eigenvalue weighted by atomic mass is 10.1. The Morgan fingerprint density at radius 3 is 2.70 bits per heavy atom. The van der Waals surface area contributed by atoms with Gasteiger partial charge in [0.2, 0.25) is 0 Å². The van der Waals surface area contributed by atoms with Crippen molar-refractivity contribution in [3.8, 4) is 6.07 Å². The molecule has 1 saturated heterocycles. The summed E-state index contributed by atoms with van der Waals surface area (Å²) in [6.07, 6.45) is 4.63. The minimum atomic E-state index is 0.434. The Morgan fingerprint density at radius 2 is 2.05 bits per heavy atom. The maximum absolute atomic E-state index is 9.13. The highest BCUT2D eigenvalue weighted by Crippen LogP contribution is 2.38. The Labute approximate surface area is 120 Å². The number of hydrogen-bond acceptors (Lipinski definition) is 5. The summed E-state index contributed by atoms with van der Waals surface area (Å²) in [5, 5.41) is 9.13. The molecule has 3 unspecified atom stereocenters. The molecular weight excluding hydrogens is 250 g/mol. The molecule has 0 amide bonds. The summed E-state index contributed by atoms with van der Waals surface area (Å²) in [5.74, 6) is 2.54. The fourth-order valence-corrected chi connectivity index (χ4v) is 3.05. The smallest absolute Gasteiger partial charge is 0.183 e. The molecule has 2 aliphatic rings. The van der Waals surface area contributed by atoms with Crippen LogP contribution in [-0.2, 0) is 0 Å². The minimum absolute atomic E-state index is 0.434. The molecule has 1 aliphatic heterocycles. The van der Waals surface area contributed by atoms with Crippen LogP contribution in [0.5, 0.6) is 0 Å². The van der Waals surface area contributed by atoms with E-state index in [1.807, 2.05) is 0 Å². The molecule has 1 aromatic rings. The molecule has 5 heteroatoms. The molecule has 20 heavy (non-hydrogen) atoms. The van der Waals surface area contributed by atoms with E-state index in [-0.39, 0.29) is 0 Å². The van der Waals surface area contributed by atoms with Crippen LogP contribution in [0.2, 0.25) is 0 Å². The molecule has 0 bridgehead atoms. The number of aromatic nitrogens is 2. The topological polar surface area (TPSA) is 56.1 Å². The van der Waals surface area contributed by atoms with Crippen LogP contribution in [0.1, 0.15) is 26.0 Å². The van der Waals surface area contributed by atoms with Gasteiger partial charge >= 0.3 is 0 Å². The summed E-state index contributed by atoms with van der Waals surface area (Å²) >= 11 is 0. The van der Waals surface area contributed by atoms with E-state index in [0.717, 1.165) is 37.3 Å². The standard InChI is InChI=1S/C15H21N5/c1-11-7-13(11)10-19-5-6-20(9-12(19)2)15-14(8-16)17-3-4-18-15/h3-4,11-13H,5-7,9-10H2,1-2H3. The van der Waals surface area contributed by atoms with E-state index in [4.69, 9.17) is 5.26 Å². The van der Waals surface area contributed by atoms with E-state index >= 15 is 0 Å². The van der Waals surface area contributed by atoms with E-state index in [0.29, 0.717) is 11.7 Å². The Hall–Kier alpha value is -1.67. The maximum Gasteiger partial charge on any atom is 0.183 e. The van der Waals surface area contributed by atoms with Crippen molar-refractivity contribution in [1.29, 1.82) is 5.26 Å². The normalized spacial score (nSPS) is 30.1. The van der Waals surface area contributed by atoms with Crippen molar-refractivity contribution in [1.82, 2.24) is 14.9 Å². The van der Waals surface area contributed by atoms with E-state index in [1.165, 1.54) is 13.0 Å². The number of hydrogen-bond donors (Lipinski definition) is 0. The Bertz CT molecular complexity index is 523. The highest BCUT2D eigenvalue weighted by molar-refractivity contribution is 5.49. The molecule has 2 heterocycles. The molecule has 5 nitrogen and oxygen atoms in total. The second-order valence-corrected chi connectivity index (χ2v) is 6.10. The van der Waals surface area contributed by atoms with Gasteiger partial charge in [-0.15, -0.1) is 0 Å². The third kappa shape index (κ3) is 2.61. The SMILES string of the molecule is CC1CC1CN1CCN(c2nccnc2C#N)CC1C. The van der Waals surface area contributed by atoms with Gasteiger partial charge in [-0.25, -0.2) is 9.97 Å². The first-order valence-corrected chi connectivity index (χ1v) is 7.39. The zero-order valence-electron chi connectivity index (χ0n) is 12.2. The summed E-state index contributed by atoms with van der Waals surface area (Å²) in [5.41, 5.74) is 0.434. The monoisotopic (exact) mass is 271 g/mol. The fourth-order valence-electron chi connectivity index (χ4n) is 3.05. The first-order valence-electron chi connectivity index (χ1n) is 7.39. The van der Waals surface area contributed by atoms with Gasteiger partial charge in [0.25, 0.3) is 0 Å². The summed E-state index contributed by atoms with van der Waals surface area (Å²) < 4.78 is 0. The van der Waals surface area contributed by atoms with Crippen molar-refractivity contribution in [2.24, 2.45) is 11.8 Å². The lowest BCUT2D eigenvalue weighted by Crippen LogP contribution is -2.53. The molecule has 0 N–H and O–H groups in total. The van der Waals surface area contributed by atoms with Crippen LogP contribution < -0.4 is 4.90 Å². The third-order valence-electron chi connectivity index (χ3n) is 4.59. The Morgan fingerprint density at radius 1 is 1.30 bits per heavy atom. The van der Waals surface area contributed by atoms with Crippen LogP contribution in [0.25, 0.3) is 0 Å². The summed E-state index contributed by atoms with van der Waals surface area (Å²) in [6, 6.07) is 2.64. The van der Waals surface area contributed by atoms with Crippen LogP contribution in [0, 0.1) is 23.2 Å². The van der Waals surface area contributed by atoms with Crippen molar-refractivity contribution < 1.29 is 0 Å². The second kappa shape index (κ2) is 5.37. The number of piperazine rings is 1. The minimum Gasteiger partial charge on any atom is -0.351 e. The molecule has 1 aromatic heterocycles. The summed E-state index contributed by atoms with van der Waals surface area (Å²) in [4.78, 5) is 13.2. The van der Waals surface area contributed by atoms with Crippen molar-refractivity contribution in [2.45, 2.75) is 26.3 Å². The van der Waals surface area contributed by atoms with Gasteiger partial charge in [-0.3, -0.25) is 4.90 Å². The Kier molecular flexibility index (Phi) is 3.58. The highest BCUT2D eigenvalue weighted by atomic mass is 15.3. The van der Waals surface area contributed by atoms with Crippen molar-refractivity contribution >= 4 is 5.82 Å². The average molecular weight is 271 g/mol. The lowest BCUT2D eigenvalue weighted by Gasteiger charge is -2.40. The molecule has 1 saturated carbocycles. The molecule has 3 rings (SSSR count).